The van der Waals surface area contributed by atoms with Crippen LogP contribution in [-0.2, 0) is 13.0 Å². The molecule has 0 bridgehead atoms. The quantitative estimate of drug-likeness (QED) is 0.549. The molecule has 2 N–H and O–H groups in total. The van der Waals surface area contributed by atoms with Gasteiger partial charge in [-0.05, 0) is 29.7 Å². The second-order valence-corrected chi connectivity index (χ2v) is 2.67. The van der Waals surface area contributed by atoms with E-state index >= 15 is 0 Å². The summed E-state index contributed by atoms with van der Waals surface area (Å²) >= 11 is 0. The lowest BCUT2D eigenvalue weighted by Gasteiger charge is -2.04. The molecule has 1 rings (SSSR count). The van der Waals surface area contributed by atoms with E-state index in [1.165, 1.54) is 0 Å². The largest absolute Gasteiger partial charge is 0.399 e. The number of nitroso groups, excluding NO2 is 1. The molecule has 0 fully saturated rings. The van der Waals surface area contributed by atoms with Crippen molar-refractivity contribution in [1.82, 2.24) is 0 Å². The number of rotatable bonds is 3. The number of benzene rings is 1. The first kappa shape index (κ1) is 8.71. The van der Waals surface area contributed by atoms with Gasteiger partial charge in [0.15, 0.2) is 0 Å². The molecule has 0 heterocycles. The van der Waals surface area contributed by atoms with Crippen LogP contribution in [0.3, 0.4) is 0 Å². The van der Waals surface area contributed by atoms with E-state index in [1.807, 2.05) is 19.1 Å². The lowest BCUT2D eigenvalue weighted by atomic mass is 10.0. The van der Waals surface area contributed by atoms with E-state index in [0.717, 1.165) is 23.2 Å². The molecule has 3 heteroatoms. The van der Waals surface area contributed by atoms with Gasteiger partial charge >= 0.3 is 0 Å². The Hall–Kier alpha value is -1.38. The molecule has 0 spiro atoms. The van der Waals surface area contributed by atoms with Crippen LogP contribution in [0.5, 0.6) is 0 Å². The molecule has 0 radical (unpaired) electrons. The van der Waals surface area contributed by atoms with Gasteiger partial charge < -0.3 is 5.73 Å². The zero-order chi connectivity index (χ0) is 8.97. The Kier molecular flexibility index (Phi) is 2.80. The van der Waals surface area contributed by atoms with Crippen LogP contribution in [-0.4, -0.2) is 0 Å². The Morgan fingerprint density at radius 1 is 1.42 bits per heavy atom. The van der Waals surface area contributed by atoms with Crippen LogP contribution >= 0.6 is 0 Å². The van der Waals surface area contributed by atoms with Crippen LogP contribution in [0, 0.1) is 4.91 Å². The van der Waals surface area contributed by atoms with Gasteiger partial charge in [-0.2, -0.15) is 4.91 Å². The van der Waals surface area contributed by atoms with Gasteiger partial charge in [0.25, 0.3) is 0 Å². The molecule has 0 saturated heterocycles. The van der Waals surface area contributed by atoms with Crippen molar-refractivity contribution in [3.63, 3.8) is 0 Å². The summed E-state index contributed by atoms with van der Waals surface area (Å²) in [7, 11) is 0. The first-order valence-electron chi connectivity index (χ1n) is 3.94. The van der Waals surface area contributed by atoms with E-state index < -0.39 is 0 Å². The third-order valence-electron chi connectivity index (χ3n) is 1.85. The highest BCUT2D eigenvalue weighted by Crippen LogP contribution is 2.14. The second-order valence-electron chi connectivity index (χ2n) is 2.67. The van der Waals surface area contributed by atoms with Crippen molar-refractivity contribution in [1.29, 1.82) is 0 Å². The van der Waals surface area contributed by atoms with E-state index in [-0.39, 0.29) is 6.54 Å². The molecule has 0 aliphatic heterocycles. The van der Waals surface area contributed by atoms with Gasteiger partial charge in [0, 0.05) is 5.69 Å². The van der Waals surface area contributed by atoms with Crippen LogP contribution in [0.15, 0.2) is 23.4 Å². The molecule has 3 nitrogen and oxygen atoms in total. The van der Waals surface area contributed by atoms with Crippen LogP contribution in [0.25, 0.3) is 0 Å². The smallest absolute Gasteiger partial charge is 0.106 e. The van der Waals surface area contributed by atoms with Crippen molar-refractivity contribution >= 4 is 5.69 Å². The summed E-state index contributed by atoms with van der Waals surface area (Å²) in [6.07, 6.45) is 0.885. The van der Waals surface area contributed by atoms with Gasteiger partial charge in [-0.1, -0.05) is 18.2 Å². The summed E-state index contributed by atoms with van der Waals surface area (Å²) in [5.41, 5.74) is 8.41. The minimum atomic E-state index is 0.240. The zero-order valence-corrected chi connectivity index (χ0v) is 7.08. The Balaban J connectivity index is 3.01. The van der Waals surface area contributed by atoms with Crippen LogP contribution in [0.4, 0.5) is 5.69 Å². The highest BCUT2D eigenvalue weighted by atomic mass is 16.3. The van der Waals surface area contributed by atoms with E-state index in [0.29, 0.717) is 0 Å². The van der Waals surface area contributed by atoms with Crippen LogP contribution in [0.1, 0.15) is 18.1 Å². The van der Waals surface area contributed by atoms with E-state index in [4.69, 9.17) is 5.73 Å². The summed E-state index contributed by atoms with van der Waals surface area (Å²) in [4.78, 5) is 10.0. The van der Waals surface area contributed by atoms with Gasteiger partial charge in [0.2, 0.25) is 0 Å². The second kappa shape index (κ2) is 3.85. The average Bonchev–Trinajstić information content (AvgIpc) is 2.08. The van der Waals surface area contributed by atoms with Crippen molar-refractivity contribution in [2.24, 2.45) is 5.18 Å². The van der Waals surface area contributed by atoms with Gasteiger partial charge in [-0.15, -0.1) is 0 Å². The summed E-state index contributed by atoms with van der Waals surface area (Å²) < 4.78 is 0. The average molecular weight is 164 g/mol. The van der Waals surface area contributed by atoms with Crippen molar-refractivity contribution in [3.8, 4) is 0 Å². The Morgan fingerprint density at radius 3 is 2.75 bits per heavy atom. The lowest BCUT2D eigenvalue weighted by molar-refractivity contribution is 0.996. The third-order valence-corrected chi connectivity index (χ3v) is 1.85. The van der Waals surface area contributed by atoms with E-state index in [2.05, 4.69) is 5.18 Å². The molecule has 0 aromatic heterocycles. The maximum absolute atomic E-state index is 10.0. The summed E-state index contributed by atoms with van der Waals surface area (Å²) in [5, 5.41) is 2.85. The normalized spacial score (nSPS) is 9.75. The third kappa shape index (κ3) is 1.81. The fraction of sp³-hybridized carbons (Fsp3) is 0.333. The standard InChI is InChI=1S/C9H12N2O/c1-2-7-5-9(10)4-3-8(7)6-11-12/h3-5H,2,6,10H2,1H3. The molecule has 0 saturated carbocycles. The minimum absolute atomic E-state index is 0.240. The molecule has 0 unspecified atom stereocenters. The Bertz CT molecular complexity index is 284. The van der Waals surface area contributed by atoms with Crippen molar-refractivity contribution < 1.29 is 0 Å². The lowest BCUT2D eigenvalue weighted by Crippen LogP contribution is -1.93. The number of nitrogens with zero attached hydrogens (tertiary/aromatic N) is 1. The topological polar surface area (TPSA) is 55.4 Å². The number of nitrogens with two attached hydrogens (primary N) is 1. The van der Waals surface area contributed by atoms with E-state index in [1.54, 1.807) is 6.07 Å². The number of nitrogen functional groups attached to an aromatic ring is 1. The van der Waals surface area contributed by atoms with Crippen molar-refractivity contribution in [2.75, 3.05) is 5.73 Å². The molecule has 12 heavy (non-hydrogen) atoms. The fourth-order valence-corrected chi connectivity index (χ4v) is 1.20. The fourth-order valence-electron chi connectivity index (χ4n) is 1.20. The summed E-state index contributed by atoms with van der Waals surface area (Å²) in [6, 6.07) is 5.54. The molecule has 0 amide bonds. The van der Waals surface area contributed by atoms with E-state index in [9.17, 15) is 4.91 Å². The molecular weight excluding hydrogens is 152 g/mol. The summed E-state index contributed by atoms with van der Waals surface area (Å²) in [6.45, 7) is 2.27. The Morgan fingerprint density at radius 2 is 2.17 bits per heavy atom. The van der Waals surface area contributed by atoms with Crippen molar-refractivity contribution in [2.45, 2.75) is 19.9 Å². The SMILES string of the molecule is CCc1cc(N)ccc1CN=O. The van der Waals surface area contributed by atoms with Crippen molar-refractivity contribution in [3.05, 3.63) is 34.2 Å². The molecule has 0 aliphatic rings. The molecular formula is C9H12N2O. The number of anilines is 1. The van der Waals surface area contributed by atoms with Gasteiger partial charge in [-0.25, -0.2) is 0 Å². The van der Waals surface area contributed by atoms with Gasteiger partial charge in [-0.3, -0.25) is 0 Å². The van der Waals surface area contributed by atoms with Gasteiger partial charge in [0.1, 0.15) is 6.54 Å². The highest BCUT2D eigenvalue weighted by molar-refractivity contribution is 5.44. The Labute approximate surface area is 71.6 Å². The first-order valence-corrected chi connectivity index (χ1v) is 3.94. The minimum Gasteiger partial charge on any atom is -0.399 e. The number of hydrogen-bond acceptors (Lipinski definition) is 3. The predicted octanol–water partition coefficient (Wildman–Crippen LogP) is 2.10. The molecule has 1 aromatic carbocycles. The predicted molar refractivity (Wildman–Crippen MR) is 49.7 cm³/mol. The molecule has 1 aromatic rings. The monoisotopic (exact) mass is 164 g/mol. The molecule has 64 valence electrons. The molecule has 0 aliphatic carbocycles. The summed E-state index contributed by atoms with van der Waals surface area (Å²) in [5.74, 6) is 0. The highest BCUT2D eigenvalue weighted by Gasteiger charge is 2.00. The van der Waals surface area contributed by atoms with Gasteiger partial charge in [0.05, 0.1) is 0 Å². The van der Waals surface area contributed by atoms with Crippen LogP contribution in [0.2, 0.25) is 0 Å². The first-order chi connectivity index (χ1) is 5.77. The molecule has 0 atom stereocenters. The number of hydrogen-bond donors (Lipinski definition) is 1. The maximum Gasteiger partial charge on any atom is 0.106 e. The maximum atomic E-state index is 10.0. The number of aryl methyl sites for hydroxylation is 1. The van der Waals surface area contributed by atoms with Crippen LogP contribution < -0.4 is 5.73 Å². The zero-order valence-electron chi connectivity index (χ0n) is 7.08.